The average Bonchev–Trinajstić information content (AvgIpc) is 2.09. The van der Waals surface area contributed by atoms with E-state index in [-0.39, 0.29) is 6.54 Å². The summed E-state index contributed by atoms with van der Waals surface area (Å²) < 4.78 is 1.72. The summed E-state index contributed by atoms with van der Waals surface area (Å²) in [6, 6.07) is 5.52. The highest BCUT2D eigenvalue weighted by molar-refractivity contribution is 9.11. The molecule has 0 bridgehead atoms. The molecule has 0 aliphatic heterocycles. The summed E-state index contributed by atoms with van der Waals surface area (Å²) >= 11 is 6.62. The van der Waals surface area contributed by atoms with Gasteiger partial charge in [-0.2, -0.15) is 0 Å². The van der Waals surface area contributed by atoms with Gasteiger partial charge in [0.25, 0.3) is 0 Å². The van der Waals surface area contributed by atoms with Crippen LogP contribution >= 0.6 is 31.9 Å². The lowest BCUT2D eigenvalue weighted by molar-refractivity contribution is 0.194. The lowest BCUT2D eigenvalue weighted by Crippen LogP contribution is -2.00. The van der Waals surface area contributed by atoms with Crippen LogP contribution in [0.3, 0.4) is 0 Å². The van der Waals surface area contributed by atoms with Gasteiger partial charge in [0.1, 0.15) is 0 Å². The van der Waals surface area contributed by atoms with Crippen molar-refractivity contribution >= 4 is 31.9 Å². The topological polar surface area (TPSA) is 24.6 Å². The zero-order valence-corrected chi connectivity index (χ0v) is 9.84. The van der Waals surface area contributed by atoms with Crippen molar-refractivity contribution in [2.75, 3.05) is 6.54 Å². The molecular formula is C9H7Br2NO. The molecule has 1 atom stereocenters. The van der Waals surface area contributed by atoms with Crippen LogP contribution in [0.5, 0.6) is 0 Å². The van der Waals surface area contributed by atoms with Gasteiger partial charge < -0.3 is 9.95 Å². The van der Waals surface area contributed by atoms with Crippen LogP contribution in [-0.2, 0) is 0 Å². The molecule has 13 heavy (non-hydrogen) atoms. The van der Waals surface area contributed by atoms with Crippen molar-refractivity contribution in [3.63, 3.8) is 0 Å². The molecule has 0 saturated heterocycles. The number of halogens is 2. The highest BCUT2D eigenvalue weighted by Crippen LogP contribution is 2.26. The third kappa shape index (κ3) is 2.80. The van der Waals surface area contributed by atoms with Crippen molar-refractivity contribution < 1.29 is 5.11 Å². The normalized spacial score (nSPS) is 12.2. The number of nitrogens with zero attached hydrogens (tertiary/aromatic N) is 1. The zero-order valence-electron chi connectivity index (χ0n) is 6.67. The summed E-state index contributed by atoms with van der Waals surface area (Å²) in [6.07, 6.45) is -0.718. The second-order valence-electron chi connectivity index (χ2n) is 2.52. The van der Waals surface area contributed by atoms with Gasteiger partial charge in [-0.3, -0.25) is 0 Å². The van der Waals surface area contributed by atoms with Crippen LogP contribution in [0, 0.1) is 6.57 Å². The zero-order chi connectivity index (χ0) is 9.84. The fraction of sp³-hybridized carbons (Fsp3) is 0.222. The van der Waals surface area contributed by atoms with E-state index in [1.807, 2.05) is 12.1 Å². The lowest BCUT2D eigenvalue weighted by atomic mass is 10.1. The van der Waals surface area contributed by atoms with Gasteiger partial charge in [-0.25, -0.2) is 6.57 Å². The number of rotatable bonds is 2. The Morgan fingerprint density at radius 3 is 2.77 bits per heavy atom. The van der Waals surface area contributed by atoms with Crippen LogP contribution in [0.1, 0.15) is 11.7 Å². The molecule has 0 aliphatic carbocycles. The van der Waals surface area contributed by atoms with Gasteiger partial charge in [0.05, 0.1) is 0 Å². The molecule has 0 radical (unpaired) electrons. The SMILES string of the molecule is [C-]#[N+]CC(O)c1cc(Br)ccc1Br. The number of aliphatic hydroxyl groups excluding tert-OH is 1. The van der Waals surface area contributed by atoms with E-state index in [2.05, 4.69) is 36.7 Å². The lowest BCUT2D eigenvalue weighted by Gasteiger charge is -2.07. The Labute approximate surface area is 93.7 Å². The highest BCUT2D eigenvalue weighted by atomic mass is 79.9. The Bertz CT molecular complexity index is 346. The second kappa shape index (κ2) is 4.75. The minimum Gasteiger partial charge on any atom is -0.381 e. The maximum absolute atomic E-state index is 9.56. The molecule has 68 valence electrons. The van der Waals surface area contributed by atoms with E-state index < -0.39 is 6.10 Å². The fourth-order valence-corrected chi connectivity index (χ4v) is 1.84. The molecular weight excluding hydrogens is 298 g/mol. The maximum Gasteiger partial charge on any atom is 0.244 e. The highest BCUT2D eigenvalue weighted by Gasteiger charge is 2.13. The Morgan fingerprint density at radius 1 is 1.46 bits per heavy atom. The maximum atomic E-state index is 9.56. The molecule has 1 rings (SSSR count). The molecule has 0 fully saturated rings. The van der Waals surface area contributed by atoms with Gasteiger partial charge in [-0.15, -0.1) is 0 Å². The molecule has 0 aliphatic rings. The number of hydrogen-bond acceptors (Lipinski definition) is 1. The van der Waals surface area contributed by atoms with Crippen LogP contribution in [0.2, 0.25) is 0 Å². The first kappa shape index (κ1) is 10.7. The number of benzene rings is 1. The standard InChI is InChI=1S/C9H7Br2NO/c1-12-5-9(13)7-4-6(10)2-3-8(7)11/h2-4,9,13H,5H2. The predicted molar refractivity (Wildman–Crippen MR) is 58.3 cm³/mol. The number of aliphatic hydroxyl groups is 1. The number of hydrogen-bond donors (Lipinski definition) is 1. The van der Waals surface area contributed by atoms with E-state index in [0.29, 0.717) is 0 Å². The third-order valence-electron chi connectivity index (χ3n) is 1.58. The Balaban J connectivity index is 3.00. The second-order valence-corrected chi connectivity index (χ2v) is 4.29. The van der Waals surface area contributed by atoms with Gasteiger partial charge in [-0.1, -0.05) is 31.9 Å². The minimum absolute atomic E-state index is 0.0923. The van der Waals surface area contributed by atoms with Gasteiger partial charge in [0.2, 0.25) is 6.54 Å². The van der Waals surface area contributed by atoms with Crippen molar-refractivity contribution in [3.05, 3.63) is 44.1 Å². The third-order valence-corrected chi connectivity index (χ3v) is 2.80. The van der Waals surface area contributed by atoms with E-state index in [4.69, 9.17) is 6.57 Å². The first-order chi connectivity index (χ1) is 6.15. The van der Waals surface area contributed by atoms with E-state index in [9.17, 15) is 5.11 Å². The van der Waals surface area contributed by atoms with Gasteiger partial charge in [0.15, 0.2) is 6.10 Å². The molecule has 0 saturated carbocycles. The Hall–Kier alpha value is -0.370. The summed E-state index contributed by atoms with van der Waals surface area (Å²) in [7, 11) is 0. The van der Waals surface area contributed by atoms with Gasteiger partial charge >= 0.3 is 0 Å². The predicted octanol–water partition coefficient (Wildman–Crippen LogP) is 3.16. The first-order valence-electron chi connectivity index (χ1n) is 3.61. The summed E-state index contributed by atoms with van der Waals surface area (Å²) in [5.74, 6) is 0. The smallest absolute Gasteiger partial charge is 0.244 e. The quantitative estimate of drug-likeness (QED) is 0.834. The molecule has 1 N–H and O–H groups in total. The van der Waals surface area contributed by atoms with E-state index >= 15 is 0 Å². The molecule has 4 heteroatoms. The molecule has 0 heterocycles. The molecule has 1 unspecified atom stereocenters. The molecule has 0 spiro atoms. The molecule has 0 aromatic heterocycles. The van der Waals surface area contributed by atoms with Crippen molar-refractivity contribution in [1.82, 2.24) is 0 Å². The molecule has 2 nitrogen and oxygen atoms in total. The van der Waals surface area contributed by atoms with Crippen LogP contribution in [-0.4, -0.2) is 11.7 Å². The summed E-state index contributed by atoms with van der Waals surface area (Å²) in [5.41, 5.74) is 0.741. The van der Waals surface area contributed by atoms with Crippen molar-refractivity contribution in [3.8, 4) is 0 Å². The molecule has 1 aromatic rings. The molecule has 0 amide bonds. The van der Waals surface area contributed by atoms with Crippen LogP contribution < -0.4 is 0 Å². The van der Waals surface area contributed by atoms with E-state index in [1.165, 1.54) is 0 Å². The van der Waals surface area contributed by atoms with E-state index in [0.717, 1.165) is 14.5 Å². The van der Waals surface area contributed by atoms with Gasteiger partial charge in [0, 0.05) is 14.5 Å². The average molecular weight is 305 g/mol. The van der Waals surface area contributed by atoms with Gasteiger partial charge in [-0.05, 0) is 18.2 Å². The summed E-state index contributed by atoms with van der Waals surface area (Å²) in [5, 5.41) is 9.56. The van der Waals surface area contributed by atoms with Crippen LogP contribution in [0.4, 0.5) is 0 Å². The minimum atomic E-state index is -0.718. The van der Waals surface area contributed by atoms with Crippen molar-refractivity contribution in [1.29, 1.82) is 0 Å². The van der Waals surface area contributed by atoms with E-state index in [1.54, 1.807) is 6.07 Å². The first-order valence-corrected chi connectivity index (χ1v) is 5.20. The van der Waals surface area contributed by atoms with Crippen LogP contribution in [0.15, 0.2) is 27.1 Å². The van der Waals surface area contributed by atoms with Crippen molar-refractivity contribution in [2.24, 2.45) is 0 Å². The van der Waals surface area contributed by atoms with Crippen molar-refractivity contribution in [2.45, 2.75) is 6.10 Å². The fourth-order valence-electron chi connectivity index (χ4n) is 0.955. The monoisotopic (exact) mass is 303 g/mol. The Morgan fingerprint density at radius 2 is 2.15 bits per heavy atom. The Kier molecular flexibility index (Phi) is 3.91. The molecule has 1 aromatic carbocycles. The van der Waals surface area contributed by atoms with Crippen LogP contribution in [0.25, 0.3) is 4.85 Å². The largest absolute Gasteiger partial charge is 0.381 e. The summed E-state index contributed by atoms with van der Waals surface area (Å²) in [4.78, 5) is 3.15. The summed E-state index contributed by atoms with van der Waals surface area (Å²) in [6.45, 7) is 6.74.